The Hall–Kier alpha value is -1.21. The van der Waals surface area contributed by atoms with Gasteiger partial charge in [-0.05, 0) is 76.8 Å². The second-order valence-corrected chi connectivity index (χ2v) is 10.1. The lowest BCUT2D eigenvalue weighted by Crippen LogP contribution is -2.32. The third-order valence-electron chi connectivity index (χ3n) is 5.97. The highest BCUT2D eigenvalue weighted by Gasteiger charge is 2.23. The van der Waals surface area contributed by atoms with Crippen LogP contribution < -0.4 is 0 Å². The Morgan fingerprint density at radius 3 is 2.69 bits per heavy atom. The lowest BCUT2D eigenvalue weighted by atomic mass is 10.0. The van der Waals surface area contributed by atoms with Crippen molar-refractivity contribution in [2.45, 2.75) is 96.7 Å². The van der Waals surface area contributed by atoms with E-state index in [1.807, 2.05) is 19.1 Å². The van der Waals surface area contributed by atoms with Gasteiger partial charge in [-0.2, -0.15) is 0 Å². The van der Waals surface area contributed by atoms with Crippen LogP contribution >= 0.6 is 23.2 Å². The van der Waals surface area contributed by atoms with Crippen molar-refractivity contribution in [1.82, 2.24) is 0 Å². The van der Waals surface area contributed by atoms with E-state index in [1.165, 1.54) is 6.92 Å². The molecule has 1 aromatic carbocycles. The lowest BCUT2D eigenvalue weighted by Gasteiger charge is -2.27. The molecule has 35 heavy (non-hydrogen) atoms. The van der Waals surface area contributed by atoms with Gasteiger partial charge in [0.1, 0.15) is 0 Å². The Morgan fingerprint density at radius 2 is 2.00 bits per heavy atom. The molecule has 196 valence electrons. The number of Topliss-reactive ketones (excluding diaryl/α,β-unsaturated/α-hetero) is 1. The molecule has 1 saturated heterocycles. The number of benzene rings is 1. The van der Waals surface area contributed by atoms with E-state index >= 15 is 0 Å². The summed E-state index contributed by atoms with van der Waals surface area (Å²) >= 11 is 12.3. The largest absolute Gasteiger partial charge is 0.364 e. The average Bonchev–Trinajstić information content (AvgIpc) is 2.81. The molecule has 0 saturated carbocycles. The topological polar surface area (TPSA) is 65.0 Å². The van der Waals surface area contributed by atoms with Crippen LogP contribution in [0.15, 0.2) is 42.0 Å². The van der Waals surface area contributed by atoms with Crippen molar-refractivity contribution in [3.63, 3.8) is 0 Å². The maximum Gasteiger partial charge on any atom is 0.184 e. The number of carbonyl (C=O) groups excluding carboxylic acids is 1. The molecule has 0 amide bonds. The van der Waals surface area contributed by atoms with Crippen LogP contribution in [0.4, 0.5) is 0 Å². The summed E-state index contributed by atoms with van der Waals surface area (Å²) < 4.78 is 17.3. The van der Waals surface area contributed by atoms with Gasteiger partial charge in [0.25, 0.3) is 0 Å². The summed E-state index contributed by atoms with van der Waals surface area (Å²) in [7, 11) is 0. The molecule has 0 radical (unpaired) electrons. The zero-order valence-corrected chi connectivity index (χ0v) is 22.6. The molecule has 3 atom stereocenters. The van der Waals surface area contributed by atoms with Crippen molar-refractivity contribution in [2.75, 3.05) is 13.2 Å². The number of aryl methyl sites for hydroxylation is 1. The number of halogens is 2. The Bertz CT molecular complexity index is 833. The molecule has 5 nitrogen and oxygen atoms in total. The maximum atomic E-state index is 12.2. The summed E-state index contributed by atoms with van der Waals surface area (Å²) in [4.78, 5) is 12.2. The zero-order valence-electron chi connectivity index (χ0n) is 21.1. The molecule has 1 aliphatic rings. The number of hydrogen-bond donors (Lipinski definition) is 1. The minimum Gasteiger partial charge on any atom is -0.364 e. The van der Waals surface area contributed by atoms with Crippen LogP contribution in [0.1, 0.15) is 77.2 Å². The Labute approximate surface area is 220 Å². The van der Waals surface area contributed by atoms with E-state index in [-0.39, 0.29) is 24.3 Å². The van der Waals surface area contributed by atoms with Crippen LogP contribution in [0.5, 0.6) is 0 Å². The fourth-order valence-corrected chi connectivity index (χ4v) is 4.49. The van der Waals surface area contributed by atoms with Gasteiger partial charge in [0.15, 0.2) is 18.4 Å². The number of aliphatic hydroxyl groups is 1. The van der Waals surface area contributed by atoms with Gasteiger partial charge >= 0.3 is 0 Å². The number of ketones is 1. The number of carbonyl (C=O) groups is 1. The minimum atomic E-state index is -1.29. The Kier molecular flexibility index (Phi) is 14.2. The molecule has 0 aromatic heterocycles. The van der Waals surface area contributed by atoms with Gasteiger partial charge < -0.3 is 19.3 Å². The first-order valence-corrected chi connectivity index (χ1v) is 13.4. The van der Waals surface area contributed by atoms with Crippen molar-refractivity contribution in [2.24, 2.45) is 0 Å². The monoisotopic (exact) mass is 526 g/mol. The molecular weight excluding hydrogens is 487 g/mol. The van der Waals surface area contributed by atoms with Crippen molar-refractivity contribution in [1.29, 1.82) is 0 Å². The van der Waals surface area contributed by atoms with Crippen molar-refractivity contribution >= 4 is 29.0 Å². The number of allylic oxidation sites excluding steroid dienone is 1. The van der Waals surface area contributed by atoms with Crippen LogP contribution in [0.3, 0.4) is 0 Å². The predicted octanol–water partition coefficient (Wildman–Crippen LogP) is 7.21. The first kappa shape index (κ1) is 30.0. The summed E-state index contributed by atoms with van der Waals surface area (Å²) in [5.41, 5.74) is 2.28. The molecule has 2 rings (SSSR count). The molecule has 1 fully saturated rings. The standard InChI is InChI=1S/C28H40Cl2O5/c1-20(2)18-23(19-34-26-16-9-10-17-33-26)35-28(32)24(21(3)31)14-8-6-4-5-7-12-22-13-11-15-25(29)27(22)30/h11,13-15,23,26,28,32H,1,4-10,12,16-19H2,2-3H3. The van der Waals surface area contributed by atoms with E-state index in [0.29, 0.717) is 29.5 Å². The smallest absolute Gasteiger partial charge is 0.184 e. The van der Waals surface area contributed by atoms with Gasteiger partial charge in [-0.15, -0.1) is 6.58 Å². The molecular formula is C28H40Cl2O5. The highest BCUT2D eigenvalue weighted by Crippen LogP contribution is 2.27. The third kappa shape index (κ3) is 11.6. The number of aliphatic hydroxyl groups excluding tert-OH is 1. The molecule has 0 aliphatic carbocycles. The van der Waals surface area contributed by atoms with Gasteiger partial charge in [-0.1, -0.05) is 59.8 Å². The first-order chi connectivity index (χ1) is 16.8. The SMILES string of the molecule is C=C(C)CC(COC1CCCCO1)OC(O)C(=CCCCCCCc1cccc(Cl)c1Cl)C(C)=O. The summed E-state index contributed by atoms with van der Waals surface area (Å²) in [5, 5.41) is 11.9. The lowest BCUT2D eigenvalue weighted by molar-refractivity contribution is -0.197. The van der Waals surface area contributed by atoms with Crippen LogP contribution in [0, 0.1) is 0 Å². The molecule has 0 bridgehead atoms. The fourth-order valence-electron chi connectivity index (χ4n) is 4.08. The second kappa shape index (κ2) is 16.5. The van der Waals surface area contributed by atoms with Gasteiger partial charge in [0.2, 0.25) is 0 Å². The van der Waals surface area contributed by atoms with Gasteiger partial charge in [-0.25, -0.2) is 0 Å². The van der Waals surface area contributed by atoms with Gasteiger partial charge in [0.05, 0.1) is 22.8 Å². The van der Waals surface area contributed by atoms with E-state index in [9.17, 15) is 9.90 Å². The average molecular weight is 528 g/mol. The van der Waals surface area contributed by atoms with Gasteiger partial charge in [-0.3, -0.25) is 4.79 Å². The molecule has 7 heteroatoms. The number of rotatable bonds is 16. The predicted molar refractivity (Wildman–Crippen MR) is 142 cm³/mol. The highest BCUT2D eigenvalue weighted by atomic mass is 35.5. The Balaban J connectivity index is 1.77. The van der Waals surface area contributed by atoms with E-state index in [0.717, 1.165) is 62.5 Å². The van der Waals surface area contributed by atoms with Crippen LogP contribution in [0.25, 0.3) is 0 Å². The third-order valence-corrected chi connectivity index (χ3v) is 6.83. The highest BCUT2D eigenvalue weighted by molar-refractivity contribution is 6.42. The second-order valence-electron chi connectivity index (χ2n) is 9.28. The van der Waals surface area contributed by atoms with Crippen molar-refractivity contribution in [3.05, 3.63) is 57.6 Å². The summed E-state index contributed by atoms with van der Waals surface area (Å²) in [6.45, 7) is 8.28. The van der Waals surface area contributed by atoms with Crippen LogP contribution in [-0.2, 0) is 25.4 Å². The normalized spacial score (nSPS) is 18.3. The maximum absolute atomic E-state index is 12.2. The van der Waals surface area contributed by atoms with Crippen LogP contribution in [0.2, 0.25) is 10.0 Å². The Morgan fingerprint density at radius 1 is 1.23 bits per heavy atom. The first-order valence-electron chi connectivity index (χ1n) is 12.6. The summed E-state index contributed by atoms with van der Waals surface area (Å²) in [5.74, 6) is -0.196. The van der Waals surface area contributed by atoms with E-state index in [1.54, 1.807) is 12.1 Å². The molecule has 1 N–H and O–H groups in total. The minimum absolute atomic E-state index is 0.196. The zero-order chi connectivity index (χ0) is 25.6. The molecule has 1 heterocycles. The van der Waals surface area contributed by atoms with Crippen molar-refractivity contribution < 1.29 is 24.1 Å². The summed E-state index contributed by atoms with van der Waals surface area (Å²) in [6.07, 6.45) is 8.95. The quantitative estimate of drug-likeness (QED) is 0.106. The van der Waals surface area contributed by atoms with Gasteiger partial charge in [0, 0.05) is 12.2 Å². The molecule has 1 aliphatic heterocycles. The van der Waals surface area contributed by atoms with E-state index in [4.69, 9.17) is 37.4 Å². The van der Waals surface area contributed by atoms with Crippen LogP contribution in [-0.4, -0.2) is 42.8 Å². The molecule has 1 aromatic rings. The molecule has 0 spiro atoms. The fraction of sp³-hybridized carbons (Fsp3) is 0.607. The van der Waals surface area contributed by atoms with E-state index < -0.39 is 12.4 Å². The number of ether oxygens (including phenoxy) is 3. The number of hydrogen-bond acceptors (Lipinski definition) is 5. The van der Waals surface area contributed by atoms with E-state index in [2.05, 4.69) is 6.58 Å². The number of unbranched alkanes of at least 4 members (excludes halogenated alkanes) is 4. The van der Waals surface area contributed by atoms with Crippen molar-refractivity contribution in [3.8, 4) is 0 Å². The summed E-state index contributed by atoms with van der Waals surface area (Å²) in [6, 6.07) is 5.72. The molecule has 3 unspecified atom stereocenters.